The molecular formula is C12H14N2O5. The van der Waals surface area contributed by atoms with Gasteiger partial charge < -0.3 is 19.8 Å². The number of aliphatic carboxylic acids is 1. The Morgan fingerprint density at radius 3 is 2.74 bits per heavy atom. The Labute approximate surface area is 109 Å². The highest BCUT2D eigenvalue weighted by Gasteiger charge is 2.39. The fraction of sp³-hybridized carbons (Fsp3) is 0.417. The summed E-state index contributed by atoms with van der Waals surface area (Å²) < 4.78 is 4.88. The molecule has 0 spiro atoms. The monoisotopic (exact) mass is 266 g/mol. The first-order chi connectivity index (χ1) is 9.02. The summed E-state index contributed by atoms with van der Waals surface area (Å²) in [4.78, 5) is 28.3. The van der Waals surface area contributed by atoms with E-state index in [4.69, 9.17) is 9.84 Å². The summed E-state index contributed by atoms with van der Waals surface area (Å²) in [6.07, 6.45) is 0.561. The third-order valence-electron chi connectivity index (χ3n) is 3.02. The van der Waals surface area contributed by atoms with Crippen molar-refractivity contribution in [1.29, 1.82) is 0 Å². The van der Waals surface area contributed by atoms with Gasteiger partial charge in [-0.3, -0.25) is 4.79 Å². The standard InChI is InChI=1S/C12H14N2O5/c1-19-10-3-2-7(5-13-10)11(16)14-6-8(15)4-9(14)12(17)18/h2-3,5,8-9,15H,4,6H2,1H3,(H,17,18). The van der Waals surface area contributed by atoms with Crippen LogP contribution in [-0.4, -0.2) is 57.8 Å². The Kier molecular flexibility index (Phi) is 3.66. The van der Waals surface area contributed by atoms with E-state index in [-0.39, 0.29) is 18.5 Å². The van der Waals surface area contributed by atoms with Crippen LogP contribution in [0.5, 0.6) is 5.88 Å². The molecule has 0 aromatic carbocycles. The highest BCUT2D eigenvalue weighted by Crippen LogP contribution is 2.21. The summed E-state index contributed by atoms with van der Waals surface area (Å²) in [6.45, 7) is 0.0157. The Balaban J connectivity index is 2.20. The molecule has 2 N–H and O–H groups in total. The van der Waals surface area contributed by atoms with Gasteiger partial charge in [0.15, 0.2) is 0 Å². The second-order valence-corrected chi connectivity index (χ2v) is 4.29. The molecule has 1 saturated heterocycles. The third kappa shape index (κ3) is 2.65. The Hall–Kier alpha value is -2.15. The molecule has 102 valence electrons. The van der Waals surface area contributed by atoms with Gasteiger partial charge in [-0.1, -0.05) is 0 Å². The average molecular weight is 266 g/mol. The first kappa shape index (κ1) is 13.3. The number of pyridine rings is 1. The molecule has 0 saturated carbocycles. The number of carbonyl (C=O) groups excluding carboxylic acids is 1. The minimum Gasteiger partial charge on any atom is -0.481 e. The van der Waals surface area contributed by atoms with Gasteiger partial charge in [-0.2, -0.15) is 0 Å². The van der Waals surface area contributed by atoms with E-state index in [2.05, 4.69) is 4.98 Å². The van der Waals surface area contributed by atoms with Crippen molar-refractivity contribution in [3.63, 3.8) is 0 Å². The molecule has 2 atom stereocenters. The Morgan fingerprint density at radius 2 is 2.21 bits per heavy atom. The topological polar surface area (TPSA) is 100.0 Å². The number of aliphatic hydroxyl groups excluding tert-OH is 1. The molecule has 7 heteroatoms. The van der Waals surface area contributed by atoms with Crippen molar-refractivity contribution < 1.29 is 24.5 Å². The molecule has 1 aromatic heterocycles. The van der Waals surface area contributed by atoms with Crippen LogP contribution in [0.4, 0.5) is 0 Å². The summed E-state index contributed by atoms with van der Waals surface area (Å²) >= 11 is 0. The van der Waals surface area contributed by atoms with Crippen molar-refractivity contribution >= 4 is 11.9 Å². The third-order valence-corrected chi connectivity index (χ3v) is 3.02. The maximum absolute atomic E-state index is 12.2. The van der Waals surface area contributed by atoms with Crippen molar-refractivity contribution in [2.75, 3.05) is 13.7 Å². The molecule has 1 amide bonds. The van der Waals surface area contributed by atoms with Crippen molar-refractivity contribution in [3.8, 4) is 5.88 Å². The van der Waals surface area contributed by atoms with Crippen molar-refractivity contribution in [2.45, 2.75) is 18.6 Å². The maximum atomic E-state index is 12.2. The molecule has 0 radical (unpaired) electrons. The lowest BCUT2D eigenvalue weighted by atomic mass is 10.2. The van der Waals surface area contributed by atoms with Crippen molar-refractivity contribution in [2.24, 2.45) is 0 Å². The van der Waals surface area contributed by atoms with Crippen LogP contribution in [0, 0.1) is 0 Å². The van der Waals surface area contributed by atoms with Crippen LogP contribution in [0.25, 0.3) is 0 Å². The van der Waals surface area contributed by atoms with Crippen LogP contribution in [0.1, 0.15) is 16.8 Å². The van der Waals surface area contributed by atoms with Gasteiger partial charge in [0.05, 0.1) is 18.8 Å². The normalized spacial score (nSPS) is 22.3. The van der Waals surface area contributed by atoms with Crippen LogP contribution < -0.4 is 4.74 Å². The number of carbonyl (C=O) groups is 2. The lowest BCUT2D eigenvalue weighted by molar-refractivity contribution is -0.141. The second kappa shape index (κ2) is 5.23. The van der Waals surface area contributed by atoms with E-state index in [1.54, 1.807) is 0 Å². The number of hydrogen-bond donors (Lipinski definition) is 2. The van der Waals surface area contributed by atoms with E-state index < -0.39 is 24.0 Å². The largest absolute Gasteiger partial charge is 0.481 e. The molecule has 2 heterocycles. The number of aromatic nitrogens is 1. The van der Waals surface area contributed by atoms with E-state index in [0.29, 0.717) is 5.88 Å². The van der Waals surface area contributed by atoms with Gasteiger partial charge >= 0.3 is 5.97 Å². The number of β-amino-alcohol motifs (C(OH)–C–C–N with tert-alkyl or cyclic N) is 1. The number of methoxy groups -OCH3 is 1. The zero-order chi connectivity index (χ0) is 14.0. The quantitative estimate of drug-likeness (QED) is 0.782. The first-order valence-corrected chi connectivity index (χ1v) is 5.75. The fourth-order valence-corrected chi connectivity index (χ4v) is 2.07. The van der Waals surface area contributed by atoms with E-state index >= 15 is 0 Å². The summed E-state index contributed by atoms with van der Waals surface area (Å²) in [7, 11) is 1.46. The Bertz CT molecular complexity index is 487. The Morgan fingerprint density at radius 1 is 1.47 bits per heavy atom. The van der Waals surface area contributed by atoms with E-state index in [1.807, 2.05) is 0 Å². The van der Waals surface area contributed by atoms with Gasteiger partial charge in [0.1, 0.15) is 6.04 Å². The van der Waals surface area contributed by atoms with Gasteiger partial charge in [0.2, 0.25) is 5.88 Å². The summed E-state index contributed by atoms with van der Waals surface area (Å²) in [5.41, 5.74) is 0.265. The van der Waals surface area contributed by atoms with E-state index in [9.17, 15) is 14.7 Å². The molecule has 1 fully saturated rings. The van der Waals surface area contributed by atoms with Gasteiger partial charge in [0, 0.05) is 25.2 Å². The van der Waals surface area contributed by atoms with E-state index in [0.717, 1.165) is 4.90 Å². The fourth-order valence-electron chi connectivity index (χ4n) is 2.07. The number of nitrogens with zero attached hydrogens (tertiary/aromatic N) is 2. The van der Waals surface area contributed by atoms with Crippen molar-refractivity contribution in [1.82, 2.24) is 9.88 Å². The van der Waals surface area contributed by atoms with Crippen LogP contribution in [-0.2, 0) is 4.79 Å². The lowest BCUT2D eigenvalue weighted by Crippen LogP contribution is -2.40. The highest BCUT2D eigenvalue weighted by atomic mass is 16.5. The van der Waals surface area contributed by atoms with Gasteiger partial charge in [0.25, 0.3) is 5.91 Å². The zero-order valence-electron chi connectivity index (χ0n) is 10.3. The summed E-state index contributed by atoms with van der Waals surface area (Å²) in [5.74, 6) is -1.21. The van der Waals surface area contributed by atoms with Crippen molar-refractivity contribution in [3.05, 3.63) is 23.9 Å². The van der Waals surface area contributed by atoms with Crippen LogP contribution in [0.2, 0.25) is 0 Å². The molecule has 19 heavy (non-hydrogen) atoms. The van der Waals surface area contributed by atoms with Gasteiger partial charge in [-0.25, -0.2) is 9.78 Å². The number of carboxylic acids is 1. The molecule has 0 aliphatic carbocycles. The van der Waals surface area contributed by atoms with Gasteiger partial charge in [-0.05, 0) is 6.07 Å². The maximum Gasteiger partial charge on any atom is 0.326 e. The number of ether oxygens (including phenoxy) is 1. The lowest BCUT2D eigenvalue weighted by Gasteiger charge is -2.20. The molecule has 2 unspecified atom stereocenters. The molecule has 2 rings (SSSR count). The van der Waals surface area contributed by atoms with Crippen LogP contribution in [0.3, 0.4) is 0 Å². The average Bonchev–Trinajstić information content (AvgIpc) is 2.80. The molecule has 1 aliphatic rings. The number of amides is 1. The molecule has 1 aliphatic heterocycles. The summed E-state index contributed by atoms with van der Waals surface area (Å²) in [5, 5.41) is 18.5. The molecular weight excluding hydrogens is 252 g/mol. The van der Waals surface area contributed by atoms with Crippen LogP contribution in [0.15, 0.2) is 18.3 Å². The number of hydrogen-bond acceptors (Lipinski definition) is 5. The van der Waals surface area contributed by atoms with Crippen LogP contribution >= 0.6 is 0 Å². The SMILES string of the molecule is COc1ccc(C(=O)N2CC(O)CC2C(=O)O)cn1. The minimum absolute atomic E-state index is 0.0157. The van der Waals surface area contributed by atoms with Gasteiger partial charge in [-0.15, -0.1) is 0 Å². The van der Waals surface area contributed by atoms with E-state index in [1.165, 1.54) is 25.4 Å². The number of carboxylic acid groups (broad SMARTS) is 1. The summed E-state index contributed by atoms with van der Waals surface area (Å²) in [6, 6.07) is 2.04. The molecule has 0 bridgehead atoms. The first-order valence-electron chi connectivity index (χ1n) is 5.75. The zero-order valence-corrected chi connectivity index (χ0v) is 10.3. The number of aliphatic hydroxyl groups is 1. The molecule has 7 nitrogen and oxygen atoms in total. The number of likely N-dealkylation sites (tertiary alicyclic amines) is 1. The number of rotatable bonds is 3. The second-order valence-electron chi connectivity index (χ2n) is 4.29. The predicted octanol–water partition coefficient (Wildman–Crippen LogP) is -0.250. The highest BCUT2D eigenvalue weighted by molar-refractivity contribution is 5.96. The molecule has 1 aromatic rings. The predicted molar refractivity (Wildman–Crippen MR) is 63.9 cm³/mol. The minimum atomic E-state index is -1.12. The smallest absolute Gasteiger partial charge is 0.326 e.